The summed E-state index contributed by atoms with van der Waals surface area (Å²) in [5, 5.41) is 2.67. The van der Waals surface area contributed by atoms with Gasteiger partial charge in [-0.15, -0.1) is 0 Å². The molecule has 0 atom stereocenters. The number of hydrogen-bond acceptors (Lipinski definition) is 4. The first-order valence-corrected chi connectivity index (χ1v) is 7.19. The molecule has 0 aliphatic rings. The third-order valence-electron chi connectivity index (χ3n) is 3.80. The molecule has 2 aromatic rings. The molecule has 0 unspecified atom stereocenters. The Morgan fingerprint density at radius 3 is 2.32 bits per heavy atom. The van der Waals surface area contributed by atoms with Crippen LogP contribution in [-0.4, -0.2) is 22.5 Å². The molecule has 0 bridgehead atoms. The van der Waals surface area contributed by atoms with Gasteiger partial charge in [-0.3, -0.25) is 10.1 Å². The van der Waals surface area contributed by atoms with Crippen molar-refractivity contribution >= 4 is 11.9 Å². The molecule has 0 aliphatic carbocycles. The maximum atomic E-state index is 12.0. The van der Waals surface area contributed by atoms with Crippen molar-refractivity contribution in [3.63, 3.8) is 0 Å². The van der Waals surface area contributed by atoms with Crippen LogP contribution < -0.4 is 10.1 Å². The molecule has 0 radical (unpaired) electrons. The van der Waals surface area contributed by atoms with Crippen molar-refractivity contribution < 1.29 is 9.53 Å². The van der Waals surface area contributed by atoms with E-state index in [1.807, 2.05) is 52.8 Å². The lowest BCUT2D eigenvalue weighted by atomic mass is 10.1. The monoisotopic (exact) mass is 299 g/mol. The Balaban J connectivity index is 2.00. The summed E-state index contributed by atoms with van der Waals surface area (Å²) in [5.41, 5.74) is 4.92. The maximum absolute atomic E-state index is 12.0. The number of nitrogens with one attached hydrogen (secondary N) is 1. The molecular weight excluding hydrogens is 278 g/mol. The summed E-state index contributed by atoms with van der Waals surface area (Å²) in [5.74, 6) is 0.756. The van der Waals surface area contributed by atoms with E-state index < -0.39 is 0 Å². The minimum atomic E-state index is -0.274. The van der Waals surface area contributed by atoms with Gasteiger partial charge in [-0.1, -0.05) is 12.1 Å². The van der Waals surface area contributed by atoms with Crippen LogP contribution in [0.15, 0.2) is 18.2 Å². The number of carbonyl (C=O) groups excluding carboxylic acids is 1. The number of rotatable bonds is 4. The maximum Gasteiger partial charge on any atom is 0.264 e. The molecule has 5 heteroatoms. The number of anilines is 1. The van der Waals surface area contributed by atoms with Gasteiger partial charge in [0.1, 0.15) is 5.75 Å². The molecule has 2 rings (SSSR count). The Bertz CT molecular complexity index is 688. The average molecular weight is 299 g/mol. The predicted molar refractivity (Wildman–Crippen MR) is 86.3 cm³/mol. The number of ether oxygens (including phenoxy) is 1. The van der Waals surface area contributed by atoms with E-state index in [9.17, 15) is 4.79 Å². The topological polar surface area (TPSA) is 64.1 Å². The van der Waals surface area contributed by atoms with Crippen LogP contribution in [0.25, 0.3) is 0 Å². The normalized spacial score (nSPS) is 10.4. The van der Waals surface area contributed by atoms with Crippen LogP contribution in [0, 0.1) is 34.6 Å². The zero-order valence-electron chi connectivity index (χ0n) is 13.7. The number of aryl methyl sites for hydroxylation is 3. The second-order valence-corrected chi connectivity index (χ2v) is 5.38. The zero-order chi connectivity index (χ0) is 16.3. The van der Waals surface area contributed by atoms with E-state index in [-0.39, 0.29) is 12.5 Å². The smallest absolute Gasteiger partial charge is 0.264 e. The van der Waals surface area contributed by atoms with Gasteiger partial charge in [0, 0.05) is 11.4 Å². The van der Waals surface area contributed by atoms with Crippen LogP contribution >= 0.6 is 0 Å². The van der Waals surface area contributed by atoms with Gasteiger partial charge in [-0.25, -0.2) is 9.97 Å². The zero-order valence-corrected chi connectivity index (χ0v) is 13.7. The van der Waals surface area contributed by atoms with Crippen LogP contribution in [0.4, 0.5) is 5.95 Å². The summed E-state index contributed by atoms with van der Waals surface area (Å²) in [6, 6.07) is 5.77. The van der Waals surface area contributed by atoms with Crippen LogP contribution in [0.5, 0.6) is 5.75 Å². The fourth-order valence-electron chi connectivity index (χ4n) is 2.01. The molecule has 1 amide bonds. The van der Waals surface area contributed by atoms with Crippen molar-refractivity contribution in [2.45, 2.75) is 34.6 Å². The molecular formula is C17H21N3O2. The molecule has 1 aromatic carbocycles. The van der Waals surface area contributed by atoms with Gasteiger partial charge in [0.2, 0.25) is 5.95 Å². The highest BCUT2D eigenvalue weighted by molar-refractivity contribution is 5.90. The molecule has 116 valence electrons. The summed E-state index contributed by atoms with van der Waals surface area (Å²) < 4.78 is 5.57. The molecule has 22 heavy (non-hydrogen) atoms. The molecule has 5 nitrogen and oxygen atoms in total. The lowest BCUT2D eigenvalue weighted by Gasteiger charge is -2.11. The molecule has 0 saturated carbocycles. The van der Waals surface area contributed by atoms with E-state index in [0.717, 1.165) is 28.1 Å². The number of amides is 1. The van der Waals surface area contributed by atoms with E-state index in [0.29, 0.717) is 11.7 Å². The van der Waals surface area contributed by atoms with Crippen molar-refractivity contribution in [3.05, 3.63) is 46.3 Å². The molecule has 0 aliphatic heterocycles. The SMILES string of the molecule is Cc1cccc(OCC(=O)Nc2nc(C)c(C)c(C)n2)c1C. The van der Waals surface area contributed by atoms with Gasteiger partial charge in [-0.05, 0) is 57.4 Å². The van der Waals surface area contributed by atoms with E-state index >= 15 is 0 Å². The van der Waals surface area contributed by atoms with Crippen molar-refractivity contribution in [3.8, 4) is 5.75 Å². The number of aromatic nitrogens is 2. The quantitative estimate of drug-likeness (QED) is 0.942. The van der Waals surface area contributed by atoms with E-state index in [4.69, 9.17) is 4.74 Å². The minimum absolute atomic E-state index is 0.0698. The predicted octanol–water partition coefficient (Wildman–Crippen LogP) is 3.04. The van der Waals surface area contributed by atoms with E-state index in [1.54, 1.807) is 0 Å². The van der Waals surface area contributed by atoms with Gasteiger partial charge in [0.25, 0.3) is 5.91 Å². The molecule has 1 N–H and O–H groups in total. The summed E-state index contributed by atoms with van der Waals surface area (Å²) in [7, 11) is 0. The van der Waals surface area contributed by atoms with Crippen molar-refractivity contribution in [2.75, 3.05) is 11.9 Å². The van der Waals surface area contributed by atoms with E-state index in [1.165, 1.54) is 0 Å². The molecule has 1 heterocycles. The van der Waals surface area contributed by atoms with Crippen LogP contribution in [0.3, 0.4) is 0 Å². The highest BCUT2D eigenvalue weighted by Crippen LogP contribution is 2.20. The van der Waals surface area contributed by atoms with E-state index in [2.05, 4.69) is 15.3 Å². The second-order valence-electron chi connectivity index (χ2n) is 5.38. The van der Waals surface area contributed by atoms with Crippen LogP contribution in [0.1, 0.15) is 28.1 Å². The van der Waals surface area contributed by atoms with Crippen molar-refractivity contribution in [2.24, 2.45) is 0 Å². The highest BCUT2D eigenvalue weighted by atomic mass is 16.5. The summed E-state index contributed by atoms with van der Waals surface area (Å²) in [6.07, 6.45) is 0. The van der Waals surface area contributed by atoms with Gasteiger partial charge in [0.15, 0.2) is 6.61 Å². The molecule has 0 spiro atoms. The first-order valence-electron chi connectivity index (χ1n) is 7.19. The molecule has 1 aromatic heterocycles. The average Bonchev–Trinajstić information content (AvgIpc) is 2.46. The van der Waals surface area contributed by atoms with Gasteiger partial charge >= 0.3 is 0 Å². The lowest BCUT2D eigenvalue weighted by Crippen LogP contribution is -2.22. The number of carbonyl (C=O) groups is 1. The Morgan fingerprint density at radius 2 is 1.68 bits per heavy atom. The Labute approximate surface area is 130 Å². The minimum Gasteiger partial charge on any atom is -0.483 e. The Hall–Kier alpha value is -2.43. The van der Waals surface area contributed by atoms with Crippen molar-refractivity contribution in [1.82, 2.24) is 9.97 Å². The summed E-state index contributed by atoms with van der Waals surface area (Å²) in [4.78, 5) is 20.5. The third kappa shape index (κ3) is 3.61. The summed E-state index contributed by atoms with van der Waals surface area (Å²) in [6.45, 7) is 9.66. The van der Waals surface area contributed by atoms with Crippen LogP contribution in [-0.2, 0) is 4.79 Å². The molecule has 0 saturated heterocycles. The largest absolute Gasteiger partial charge is 0.483 e. The lowest BCUT2D eigenvalue weighted by molar-refractivity contribution is -0.118. The fraction of sp³-hybridized carbons (Fsp3) is 0.353. The number of hydrogen-bond donors (Lipinski definition) is 1. The van der Waals surface area contributed by atoms with Crippen LogP contribution in [0.2, 0.25) is 0 Å². The second kappa shape index (κ2) is 6.56. The standard InChI is InChI=1S/C17H21N3O2/c1-10-7-6-8-15(11(10)2)22-9-16(21)20-17-18-13(4)12(3)14(5)19-17/h6-8H,9H2,1-5H3,(H,18,19,20,21). The third-order valence-corrected chi connectivity index (χ3v) is 3.80. The number of nitrogens with zero attached hydrogens (tertiary/aromatic N) is 2. The van der Waals surface area contributed by atoms with Gasteiger partial charge in [0.05, 0.1) is 0 Å². The van der Waals surface area contributed by atoms with Gasteiger partial charge in [-0.2, -0.15) is 0 Å². The highest BCUT2D eigenvalue weighted by Gasteiger charge is 2.10. The first-order chi connectivity index (χ1) is 10.4. The molecule has 0 fully saturated rings. The number of benzene rings is 1. The fourth-order valence-corrected chi connectivity index (χ4v) is 2.01. The first kappa shape index (κ1) is 15.9. The Morgan fingerprint density at radius 1 is 1.05 bits per heavy atom. The van der Waals surface area contributed by atoms with Gasteiger partial charge < -0.3 is 4.74 Å². The Kier molecular flexibility index (Phi) is 4.75. The van der Waals surface area contributed by atoms with Crippen molar-refractivity contribution in [1.29, 1.82) is 0 Å². The summed E-state index contributed by atoms with van der Waals surface area (Å²) >= 11 is 0.